The Kier molecular flexibility index (Phi) is 6.08. The van der Waals surface area contributed by atoms with Gasteiger partial charge in [-0.05, 0) is 30.2 Å². The summed E-state index contributed by atoms with van der Waals surface area (Å²) in [5.41, 5.74) is 1.11. The van der Waals surface area contributed by atoms with Crippen LogP contribution in [0.5, 0.6) is 0 Å². The van der Waals surface area contributed by atoms with E-state index in [1.54, 1.807) is 35.0 Å². The van der Waals surface area contributed by atoms with E-state index in [-0.39, 0.29) is 23.1 Å². The number of para-hydroxylation sites is 1. The number of carbonyl (C=O) groups excluding carboxylic acids is 1. The van der Waals surface area contributed by atoms with Crippen molar-refractivity contribution < 1.29 is 4.79 Å². The van der Waals surface area contributed by atoms with Crippen molar-refractivity contribution in [3.05, 3.63) is 58.0 Å². The summed E-state index contributed by atoms with van der Waals surface area (Å²) in [4.78, 5) is 35.6. The lowest BCUT2D eigenvalue weighted by Crippen LogP contribution is -2.25. The smallest absolute Gasteiger partial charge is 0.272 e. The molecule has 0 bridgehead atoms. The predicted octanol–water partition coefficient (Wildman–Crippen LogP) is 5.05. The third kappa shape index (κ3) is 4.21. The van der Waals surface area contributed by atoms with E-state index in [0.29, 0.717) is 32.6 Å². The van der Waals surface area contributed by atoms with Crippen molar-refractivity contribution in [3.63, 3.8) is 0 Å². The summed E-state index contributed by atoms with van der Waals surface area (Å²) < 4.78 is 2.25. The van der Waals surface area contributed by atoms with Gasteiger partial charge in [-0.3, -0.25) is 14.2 Å². The number of anilines is 1. The lowest BCUT2D eigenvalue weighted by molar-refractivity contribution is -0.113. The minimum absolute atomic E-state index is 0.0919. The SMILES string of the molecule is CC(C)Cn1c(SCC(=O)Nc2ccccc2Cl)nc2c(sc3ncccc32)c1=O. The van der Waals surface area contributed by atoms with Crippen LogP contribution in [0, 0.1) is 5.92 Å². The average Bonchev–Trinajstić information content (AvgIpc) is 3.09. The Balaban J connectivity index is 1.67. The van der Waals surface area contributed by atoms with Crippen LogP contribution in [0.15, 0.2) is 52.5 Å². The fourth-order valence-electron chi connectivity index (χ4n) is 3.06. The first-order valence-corrected chi connectivity index (χ1v) is 11.6. The molecule has 0 radical (unpaired) electrons. The van der Waals surface area contributed by atoms with Crippen molar-refractivity contribution in [2.75, 3.05) is 11.1 Å². The second-order valence-electron chi connectivity index (χ2n) is 7.16. The largest absolute Gasteiger partial charge is 0.324 e. The molecule has 0 fully saturated rings. The van der Waals surface area contributed by atoms with Gasteiger partial charge in [0.05, 0.1) is 22.0 Å². The molecule has 0 unspecified atom stereocenters. The van der Waals surface area contributed by atoms with Crippen LogP contribution in [0.1, 0.15) is 13.8 Å². The number of nitrogens with zero attached hydrogens (tertiary/aromatic N) is 3. The highest BCUT2D eigenvalue weighted by atomic mass is 35.5. The first-order valence-electron chi connectivity index (χ1n) is 9.39. The molecule has 3 aromatic heterocycles. The number of thiophene rings is 1. The number of aromatic nitrogens is 3. The van der Waals surface area contributed by atoms with Gasteiger partial charge in [-0.1, -0.05) is 49.3 Å². The van der Waals surface area contributed by atoms with Crippen LogP contribution in [0.4, 0.5) is 5.69 Å². The third-order valence-corrected chi connectivity index (χ3v) is 6.74. The summed E-state index contributed by atoms with van der Waals surface area (Å²) in [6.07, 6.45) is 1.71. The Labute approximate surface area is 186 Å². The molecule has 4 rings (SSSR count). The minimum Gasteiger partial charge on any atom is -0.324 e. The van der Waals surface area contributed by atoms with E-state index in [4.69, 9.17) is 16.6 Å². The summed E-state index contributed by atoms with van der Waals surface area (Å²) in [5, 5.41) is 4.66. The maximum atomic E-state index is 13.2. The Morgan fingerprint density at radius 2 is 2.07 bits per heavy atom. The normalized spacial score (nSPS) is 11.5. The zero-order valence-electron chi connectivity index (χ0n) is 16.4. The van der Waals surface area contributed by atoms with Crippen LogP contribution in [0.25, 0.3) is 20.4 Å². The maximum absolute atomic E-state index is 13.2. The number of fused-ring (bicyclic) bond motifs is 3. The van der Waals surface area contributed by atoms with Gasteiger partial charge in [-0.15, -0.1) is 11.3 Å². The predicted molar refractivity (Wildman–Crippen MR) is 125 cm³/mol. The number of amides is 1. The number of rotatable bonds is 6. The van der Waals surface area contributed by atoms with E-state index in [2.05, 4.69) is 10.3 Å². The van der Waals surface area contributed by atoms with Crippen LogP contribution >= 0.6 is 34.7 Å². The topological polar surface area (TPSA) is 76.9 Å². The van der Waals surface area contributed by atoms with E-state index in [1.807, 2.05) is 26.0 Å². The molecule has 3 heterocycles. The molecule has 4 aromatic rings. The van der Waals surface area contributed by atoms with Crippen LogP contribution in [-0.2, 0) is 11.3 Å². The van der Waals surface area contributed by atoms with Gasteiger partial charge in [0.2, 0.25) is 5.91 Å². The van der Waals surface area contributed by atoms with Gasteiger partial charge >= 0.3 is 0 Å². The quantitative estimate of drug-likeness (QED) is 0.323. The number of benzene rings is 1. The number of thioether (sulfide) groups is 1. The molecule has 0 aliphatic rings. The van der Waals surface area contributed by atoms with E-state index in [9.17, 15) is 9.59 Å². The van der Waals surface area contributed by atoms with Gasteiger partial charge in [0.15, 0.2) is 5.16 Å². The van der Waals surface area contributed by atoms with Gasteiger partial charge in [0.25, 0.3) is 5.56 Å². The Morgan fingerprint density at radius 1 is 1.27 bits per heavy atom. The zero-order chi connectivity index (χ0) is 21.3. The zero-order valence-corrected chi connectivity index (χ0v) is 18.8. The standard InChI is InChI=1S/C21H19ClN4O2S2/c1-12(2)10-26-20(28)18-17(13-6-5-9-23-19(13)30-18)25-21(26)29-11-16(27)24-15-8-4-3-7-14(15)22/h3-9,12H,10-11H2,1-2H3,(H,24,27). The summed E-state index contributed by atoms with van der Waals surface area (Å²) >= 11 is 8.71. The number of nitrogens with one attached hydrogen (secondary N) is 1. The summed E-state index contributed by atoms with van der Waals surface area (Å²) in [6.45, 7) is 4.61. The van der Waals surface area contributed by atoms with Crippen molar-refractivity contribution in [3.8, 4) is 0 Å². The fraction of sp³-hybridized carbons (Fsp3) is 0.238. The number of pyridine rings is 1. The summed E-state index contributed by atoms with van der Waals surface area (Å²) in [6, 6.07) is 10.8. The molecule has 154 valence electrons. The van der Waals surface area contributed by atoms with Crippen LogP contribution < -0.4 is 10.9 Å². The van der Waals surface area contributed by atoms with E-state index >= 15 is 0 Å². The molecule has 0 aliphatic carbocycles. The molecule has 30 heavy (non-hydrogen) atoms. The Hall–Kier alpha value is -2.42. The van der Waals surface area contributed by atoms with Crippen molar-refractivity contribution in [2.24, 2.45) is 5.92 Å². The molecule has 0 saturated heterocycles. The average molecular weight is 459 g/mol. The molecule has 9 heteroatoms. The highest BCUT2D eigenvalue weighted by Gasteiger charge is 2.18. The van der Waals surface area contributed by atoms with Crippen molar-refractivity contribution in [1.29, 1.82) is 0 Å². The molecule has 1 aromatic carbocycles. The van der Waals surface area contributed by atoms with Crippen LogP contribution in [-0.4, -0.2) is 26.2 Å². The molecular formula is C21H19ClN4O2S2. The molecule has 0 atom stereocenters. The minimum atomic E-state index is -0.213. The molecular weight excluding hydrogens is 440 g/mol. The van der Waals surface area contributed by atoms with Crippen LogP contribution in [0.3, 0.4) is 0 Å². The molecule has 0 aliphatic heterocycles. The van der Waals surface area contributed by atoms with Crippen molar-refractivity contribution in [1.82, 2.24) is 14.5 Å². The number of hydrogen-bond donors (Lipinski definition) is 1. The monoisotopic (exact) mass is 458 g/mol. The number of carbonyl (C=O) groups is 1. The fourth-order valence-corrected chi connectivity index (χ4v) is 5.07. The molecule has 6 nitrogen and oxygen atoms in total. The molecule has 0 spiro atoms. The van der Waals surface area contributed by atoms with E-state index in [1.165, 1.54) is 23.1 Å². The van der Waals surface area contributed by atoms with Crippen molar-refractivity contribution >= 4 is 66.7 Å². The summed E-state index contributed by atoms with van der Waals surface area (Å²) in [7, 11) is 0. The second kappa shape index (κ2) is 8.75. The second-order valence-corrected chi connectivity index (χ2v) is 9.51. The van der Waals surface area contributed by atoms with Crippen molar-refractivity contribution in [2.45, 2.75) is 25.5 Å². The lowest BCUT2D eigenvalue weighted by Gasteiger charge is -2.14. The van der Waals surface area contributed by atoms with Gasteiger partial charge in [0.1, 0.15) is 9.53 Å². The number of halogens is 1. The Morgan fingerprint density at radius 3 is 2.83 bits per heavy atom. The van der Waals surface area contributed by atoms with Gasteiger partial charge < -0.3 is 5.32 Å². The first-order chi connectivity index (χ1) is 14.4. The van der Waals surface area contributed by atoms with Gasteiger partial charge in [-0.2, -0.15) is 0 Å². The van der Waals surface area contributed by atoms with E-state index < -0.39 is 0 Å². The highest BCUT2D eigenvalue weighted by Crippen LogP contribution is 2.30. The maximum Gasteiger partial charge on any atom is 0.272 e. The first kappa shape index (κ1) is 20.8. The highest BCUT2D eigenvalue weighted by molar-refractivity contribution is 7.99. The van der Waals surface area contributed by atoms with Crippen LogP contribution in [0.2, 0.25) is 5.02 Å². The summed E-state index contributed by atoms with van der Waals surface area (Å²) in [5.74, 6) is 0.155. The van der Waals surface area contributed by atoms with Gasteiger partial charge in [-0.25, -0.2) is 9.97 Å². The van der Waals surface area contributed by atoms with E-state index in [0.717, 1.165) is 10.2 Å². The number of hydrogen-bond acceptors (Lipinski definition) is 6. The molecule has 0 saturated carbocycles. The van der Waals surface area contributed by atoms with Gasteiger partial charge in [0, 0.05) is 18.1 Å². The third-order valence-electron chi connectivity index (χ3n) is 4.35. The molecule has 1 amide bonds. The molecule has 1 N–H and O–H groups in total. The Bertz CT molecular complexity index is 1300. The lowest BCUT2D eigenvalue weighted by atomic mass is 10.2.